The van der Waals surface area contributed by atoms with Gasteiger partial charge in [0.1, 0.15) is 18.7 Å². The van der Waals surface area contributed by atoms with Gasteiger partial charge in [-0.15, -0.1) is 0 Å². The Kier molecular flexibility index (Phi) is 6.51. The van der Waals surface area contributed by atoms with Gasteiger partial charge in [-0.05, 0) is 54.2 Å². The quantitative estimate of drug-likeness (QED) is 0.594. The van der Waals surface area contributed by atoms with Crippen molar-refractivity contribution in [2.75, 3.05) is 39.4 Å². The van der Waals surface area contributed by atoms with Crippen LogP contribution in [0.25, 0.3) is 11.0 Å². The average Bonchev–Trinajstić information content (AvgIpc) is 3.13. The lowest BCUT2D eigenvalue weighted by atomic mass is 9.95. The maximum Gasteiger partial charge on any atom is 0.290 e. The second-order valence-corrected chi connectivity index (χ2v) is 10.3. The molecule has 3 heterocycles. The van der Waals surface area contributed by atoms with Crippen molar-refractivity contribution in [1.82, 2.24) is 4.90 Å². The second kappa shape index (κ2) is 9.59. The van der Waals surface area contributed by atoms with Gasteiger partial charge < -0.3 is 19.0 Å². The molecule has 6 nitrogen and oxygen atoms in total. The van der Waals surface area contributed by atoms with Crippen molar-refractivity contribution in [1.29, 1.82) is 0 Å². The molecular formula is C29H35N2O4+. The summed E-state index contributed by atoms with van der Waals surface area (Å²) >= 11 is 0. The molecule has 6 heteroatoms. The number of rotatable bonds is 6. The Labute approximate surface area is 206 Å². The highest BCUT2D eigenvalue weighted by molar-refractivity contribution is 5.99. The van der Waals surface area contributed by atoms with Crippen LogP contribution in [0.4, 0.5) is 0 Å². The number of amides is 1. The van der Waals surface area contributed by atoms with Gasteiger partial charge in [-0.3, -0.25) is 9.59 Å². The van der Waals surface area contributed by atoms with Gasteiger partial charge in [0.05, 0.1) is 36.8 Å². The lowest BCUT2D eigenvalue weighted by Gasteiger charge is -2.27. The predicted molar refractivity (Wildman–Crippen MR) is 136 cm³/mol. The highest BCUT2D eigenvalue weighted by atomic mass is 16.5. The number of hydrogen-bond donors (Lipinski definition) is 1. The van der Waals surface area contributed by atoms with E-state index < -0.39 is 6.04 Å². The standard InChI is InChI=1S/C29H34N2O4/c1-18(2)21-6-8-22(9-7-21)26-25-27(32)23-16-19(3)20(4)17-24(23)35-28(25)29(33)31(26)11-5-10-30-12-14-34-15-13-30/h6-9,16-18,26H,5,10-15H2,1-4H3/p+1. The molecule has 0 radical (unpaired) electrons. The summed E-state index contributed by atoms with van der Waals surface area (Å²) in [5, 5.41) is 0.545. The Morgan fingerprint density at radius 1 is 1.03 bits per heavy atom. The topological polar surface area (TPSA) is 64.2 Å². The summed E-state index contributed by atoms with van der Waals surface area (Å²) in [5.41, 5.74) is 5.13. The Morgan fingerprint density at radius 3 is 2.40 bits per heavy atom. The number of carbonyl (C=O) groups excluding carboxylic acids is 1. The lowest BCUT2D eigenvalue weighted by Crippen LogP contribution is -3.14. The number of ether oxygens (including phenoxy) is 1. The van der Waals surface area contributed by atoms with Gasteiger partial charge >= 0.3 is 0 Å². The first-order chi connectivity index (χ1) is 16.8. The molecule has 1 unspecified atom stereocenters. The van der Waals surface area contributed by atoms with E-state index in [0.717, 1.165) is 56.0 Å². The summed E-state index contributed by atoms with van der Waals surface area (Å²) in [6.45, 7) is 13.4. The van der Waals surface area contributed by atoms with Crippen LogP contribution in [0.3, 0.4) is 0 Å². The number of morpholine rings is 1. The summed E-state index contributed by atoms with van der Waals surface area (Å²) in [6.07, 6.45) is 0.863. The summed E-state index contributed by atoms with van der Waals surface area (Å²) in [5.74, 6) is 0.420. The second-order valence-electron chi connectivity index (χ2n) is 10.3. The number of nitrogens with one attached hydrogen (secondary N) is 1. The maximum atomic E-state index is 13.8. The normalized spacial score (nSPS) is 18.6. The number of fused-ring (bicyclic) bond motifs is 2. The molecule has 3 aromatic rings. The summed E-state index contributed by atoms with van der Waals surface area (Å²) in [6, 6.07) is 11.7. The molecule has 2 aliphatic rings. The molecule has 2 aromatic carbocycles. The van der Waals surface area contributed by atoms with E-state index in [0.29, 0.717) is 29.0 Å². The highest BCUT2D eigenvalue weighted by Gasteiger charge is 2.42. The van der Waals surface area contributed by atoms with E-state index in [1.54, 1.807) is 0 Å². The van der Waals surface area contributed by atoms with Crippen molar-refractivity contribution in [2.45, 2.75) is 46.1 Å². The highest BCUT2D eigenvalue weighted by Crippen LogP contribution is 2.38. The van der Waals surface area contributed by atoms with E-state index in [4.69, 9.17) is 9.15 Å². The van der Waals surface area contributed by atoms with Crippen molar-refractivity contribution in [2.24, 2.45) is 0 Å². The van der Waals surface area contributed by atoms with Crippen LogP contribution >= 0.6 is 0 Å². The van der Waals surface area contributed by atoms with Crippen molar-refractivity contribution < 1.29 is 18.8 Å². The number of quaternary nitrogens is 1. The molecule has 1 saturated heterocycles. The molecule has 35 heavy (non-hydrogen) atoms. The van der Waals surface area contributed by atoms with E-state index >= 15 is 0 Å². The molecule has 5 rings (SSSR count). The molecule has 0 saturated carbocycles. The number of hydrogen-bond acceptors (Lipinski definition) is 4. The molecule has 1 N–H and O–H groups in total. The Bertz CT molecular complexity index is 1300. The third-order valence-electron chi connectivity index (χ3n) is 7.63. The van der Waals surface area contributed by atoms with Gasteiger partial charge in [0.25, 0.3) is 5.91 Å². The zero-order valence-corrected chi connectivity index (χ0v) is 21.1. The van der Waals surface area contributed by atoms with Crippen LogP contribution in [0.1, 0.15) is 70.6 Å². The average molecular weight is 476 g/mol. The number of aryl methyl sites for hydroxylation is 2. The van der Waals surface area contributed by atoms with Crippen LogP contribution in [0.5, 0.6) is 0 Å². The number of nitrogens with zero attached hydrogens (tertiary/aromatic N) is 1. The van der Waals surface area contributed by atoms with Gasteiger partial charge in [0.15, 0.2) is 5.43 Å². The van der Waals surface area contributed by atoms with Gasteiger partial charge in [-0.25, -0.2) is 0 Å². The predicted octanol–water partition coefficient (Wildman–Crippen LogP) is 3.38. The number of carbonyl (C=O) groups is 1. The van der Waals surface area contributed by atoms with E-state index in [9.17, 15) is 9.59 Å². The Hall–Kier alpha value is -2.96. The summed E-state index contributed by atoms with van der Waals surface area (Å²) in [4.78, 5) is 30.8. The largest absolute Gasteiger partial charge is 0.450 e. The monoisotopic (exact) mass is 475 g/mol. The third kappa shape index (κ3) is 4.41. The molecule has 1 atom stereocenters. The Morgan fingerprint density at radius 2 is 1.71 bits per heavy atom. The van der Waals surface area contributed by atoms with Crippen LogP contribution in [0, 0.1) is 13.8 Å². The van der Waals surface area contributed by atoms with E-state index in [-0.39, 0.29) is 17.1 Å². The molecule has 1 amide bonds. The van der Waals surface area contributed by atoms with E-state index in [2.05, 4.69) is 38.1 Å². The molecule has 0 aliphatic carbocycles. The van der Waals surface area contributed by atoms with Crippen molar-refractivity contribution in [3.05, 3.63) is 80.2 Å². The molecule has 184 valence electrons. The van der Waals surface area contributed by atoms with Gasteiger partial charge in [-0.2, -0.15) is 0 Å². The first kappa shape index (κ1) is 23.8. The maximum absolute atomic E-state index is 13.8. The molecule has 0 spiro atoms. The SMILES string of the molecule is Cc1cc2oc3c(c(=O)c2cc1C)C(c1ccc(C(C)C)cc1)N(CCC[NH+]1CCOCC1)C3=O. The number of benzene rings is 2. The molecule has 2 aliphatic heterocycles. The fraction of sp³-hybridized carbons (Fsp3) is 0.448. The smallest absolute Gasteiger partial charge is 0.290 e. The molecule has 1 aromatic heterocycles. The molecule has 0 bridgehead atoms. The van der Waals surface area contributed by atoms with Crippen LogP contribution in [0.15, 0.2) is 45.6 Å². The van der Waals surface area contributed by atoms with Crippen LogP contribution in [-0.4, -0.2) is 50.2 Å². The third-order valence-corrected chi connectivity index (χ3v) is 7.63. The summed E-state index contributed by atoms with van der Waals surface area (Å²) in [7, 11) is 0. The van der Waals surface area contributed by atoms with Gasteiger partial charge in [0, 0.05) is 13.0 Å². The zero-order chi connectivity index (χ0) is 24.7. The fourth-order valence-electron chi connectivity index (χ4n) is 5.33. The van der Waals surface area contributed by atoms with E-state index in [1.165, 1.54) is 10.5 Å². The summed E-state index contributed by atoms with van der Waals surface area (Å²) < 4.78 is 11.6. The minimum atomic E-state index is -0.430. The van der Waals surface area contributed by atoms with Crippen molar-refractivity contribution >= 4 is 16.9 Å². The van der Waals surface area contributed by atoms with Crippen molar-refractivity contribution in [3.8, 4) is 0 Å². The van der Waals surface area contributed by atoms with E-state index in [1.807, 2.05) is 30.9 Å². The van der Waals surface area contributed by atoms with Crippen LogP contribution < -0.4 is 10.3 Å². The van der Waals surface area contributed by atoms with Crippen LogP contribution in [-0.2, 0) is 4.74 Å². The van der Waals surface area contributed by atoms with Gasteiger partial charge in [0.2, 0.25) is 5.76 Å². The first-order valence-corrected chi connectivity index (χ1v) is 12.7. The Balaban J connectivity index is 1.55. The van der Waals surface area contributed by atoms with Crippen molar-refractivity contribution in [3.63, 3.8) is 0 Å². The molecular weight excluding hydrogens is 440 g/mol. The van der Waals surface area contributed by atoms with Gasteiger partial charge in [-0.1, -0.05) is 38.1 Å². The van der Waals surface area contributed by atoms with Crippen LogP contribution in [0.2, 0.25) is 0 Å². The zero-order valence-electron chi connectivity index (χ0n) is 21.1. The lowest BCUT2D eigenvalue weighted by molar-refractivity contribution is -0.908. The fourth-order valence-corrected chi connectivity index (χ4v) is 5.33. The minimum Gasteiger partial charge on any atom is -0.450 e. The minimum absolute atomic E-state index is 0.100. The molecule has 1 fully saturated rings. The first-order valence-electron chi connectivity index (χ1n) is 12.7.